The summed E-state index contributed by atoms with van der Waals surface area (Å²) >= 11 is 0. The molecule has 0 aromatic carbocycles. The number of nitrogens with one attached hydrogen (secondary N) is 1. The van der Waals surface area contributed by atoms with Crippen LogP contribution in [0.5, 0.6) is 0 Å². The van der Waals surface area contributed by atoms with Crippen LogP contribution < -0.4 is 5.32 Å². The largest absolute Gasteiger partial charge is 0.313 e. The van der Waals surface area contributed by atoms with Gasteiger partial charge in [0.15, 0.2) is 0 Å². The fourth-order valence-electron chi connectivity index (χ4n) is 2.59. The van der Waals surface area contributed by atoms with Crippen molar-refractivity contribution in [3.05, 3.63) is 30.1 Å². The highest BCUT2D eigenvalue weighted by atomic mass is 15.2. The molecule has 2 heterocycles. The lowest BCUT2D eigenvalue weighted by molar-refractivity contribution is 0.202. The van der Waals surface area contributed by atoms with E-state index in [1.807, 2.05) is 18.5 Å². The molecule has 0 bridgehead atoms. The molecule has 17 heavy (non-hydrogen) atoms. The maximum atomic E-state index is 4.21. The highest BCUT2D eigenvalue weighted by Crippen LogP contribution is 2.20. The molecule has 2 unspecified atom stereocenters. The zero-order valence-corrected chi connectivity index (χ0v) is 10.9. The monoisotopic (exact) mass is 233 g/mol. The molecule has 94 valence electrons. The van der Waals surface area contributed by atoms with Crippen LogP contribution in [0.15, 0.2) is 24.5 Å². The van der Waals surface area contributed by atoms with E-state index in [4.69, 9.17) is 0 Å². The summed E-state index contributed by atoms with van der Waals surface area (Å²) in [6.07, 6.45) is 6.46. The highest BCUT2D eigenvalue weighted by molar-refractivity contribution is 5.13. The van der Waals surface area contributed by atoms with Gasteiger partial charge in [-0.25, -0.2) is 0 Å². The third-order valence-electron chi connectivity index (χ3n) is 3.74. The van der Waals surface area contributed by atoms with Crippen molar-refractivity contribution in [2.24, 2.45) is 0 Å². The Morgan fingerprint density at radius 2 is 2.47 bits per heavy atom. The van der Waals surface area contributed by atoms with E-state index in [1.54, 1.807) is 0 Å². The third kappa shape index (κ3) is 3.27. The van der Waals surface area contributed by atoms with Gasteiger partial charge in [-0.05, 0) is 44.5 Å². The highest BCUT2D eigenvalue weighted by Gasteiger charge is 2.21. The van der Waals surface area contributed by atoms with Crippen LogP contribution in [0.2, 0.25) is 0 Å². The molecule has 1 fully saturated rings. The summed E-state index contributed by atoms with van der Waals surface area (Å²) in [6.45, 7) is 7.93. The van der Waals surface area contributed by atoms with E-state index in [0.29, 0.717) is 12.1 Å². The van der Waals surface area contributed by atoms with Gasteiger partial charge in [0.05, 0.1) is 0 Å². The molecule has 0 spiro atoms. The van der Waals surface area contributed by atoms with E-state index in [9.17, 15) is 0 Å². The first-order chi connectivity index (χ1) is 8.31. The van der Waals surface area contributed by atoms with Gasteiger partial charge >= 0.3 is 0 Å². The lowest BCUT2D eigenvalue weighted by atomic mass is 10.1. The standard InChI is InChI=1S/C14H23N3/c1-3-17(11-14-7-5-9-16-14)12(2)13-6-4-8-15-10-13/h4,6,8,10,12,14,16H,3,5,7,9,11H2,1-2H3. The van der Waals surface area contributed by atoms with Gasteiger partial charge in [-0.2, -0.15) is 0 Å². The molecular formula is C14H23N3. The van der Waals surface area contributed by atoms with Crippen LogP contribution in [0.4, 0.5) is 0 Å². The lowest BCUT2D eigenvalue weighted by Gasteiger charge is -2.30. The molecule has 3 heteroatoms. The molecule has 1 aromatic rings. The molecule has 2 rings (SSSR count). The van der Waals surface area contributed by atoms with Crippen molar-refractivity contribution in [1.82, 2.24) is 15.2 Å². The minimum atomic E-state index is 0.455. The van der Waals surface area contributed by atoms with Gasteiger partial charge in [-0.3, -0.25) is 9.88 Å². The molecule has 1 saturated heterocycles. The Hall–Kier alpha value is -0.930. The number of pyridine rings is 1. The minimum Gasteiger partial charge on any atom is -0.313 e. The Kier molecular flexibility index (Phi) is 4.51. The van der Waals surface area contributed by atoms with Crippen LogP contribution in [-0.2, 0) is 0 Å². The van der Waals surface area contributed by atoms with Crippen LogP contribution in [0.1, 0.15) is 38.3 Å². The summed E-state index contributed by atoms with van der Waals surface area (Å²) in [7, 11) is 0. The SMILES string of the molecule is CCN(CC1CCCN1)C(C)c1cccnc1. The second-order valence-electron chi connectivity index (χ2n) is 4.84. The quantitative estimate of drug-likeness (QED) is 0.845. The Labute approximate surface area is 104 Å². The summed E-state index contributed by atoms with van der Waals surface area (Å²) < 4.78 is 0. The van der Waals surface area contributed by atoms with Crippen molar-refractivity contribution in [2.75, 3.05) is 19.6 Å². The number of likely N-dealkylation sites (N-methyl/N-ethyl adjacent to an activating group) is 1. The molecule has 0 aliphatic carbocycles. The molecule has 1 N–H and O–H groups in total. The van der Waals surface area contributed by atoms with Crippen LogP contribution in [0.25, 0.3) is 0 Å². The molecule has 2 atom stereocenters. The number of hydrogen-bond acceptors (Lipinski definition) is 3. The van der Waals surface area contributed by atoms with Crippen molar-refractivity contribution in [3.63, 3.8) is 0 Å². The molecule has 0 saturated carbocycles. The summed E-state index contributed by atoms with van der Waals surface area (Å²) in [6, 6.07) is 5.32. The number of rotatable bonds is 5. The van der Waals surface area contributed by atoms with E-state index < -0.39 is 0 Å². The lowest BCUT2D eigenvalue weighted by Crippen LogP contribution is -2.38. The maximum absolute atomic E-state index is 4.21. The van der Waals surface area contributed by atoms with Crippen LogP contribution in [0.3, 0.4) is 0 Å². The summed E-state index contributed by atoms with van der Waals surface area (Å²) in [5, 5.41) is 3.57. The Bertz CT molecular complexity index is 319. The van der Waals surface area contributed by atoms with Gasteiger partial charge in [0, 0.05) is 31.0 Å². The van der Waals surface area contributed by atoms with E-state index in [-0.39, 0.29) is 0 Å². The van der Waals surface area contributed by atoms with Crippen LogP contribution >= 0.6 is 0 Å². The van der Waals surface area contributed by atoms with E-state index in [2.05, 4.69) is 35.1 Å². The fraction of sp³-hybridized carbons (Fsp3) is 0.643. The maximum Gasteiger partial charge on any atom is 0.0335 e. The molecule has 0 amide bonds. The predicted molar refractivity (Wildman–Crippen MR) is 70.9 cm³/mol. The zero-order valence-electron chi connectivity index (χ0n) is 10.9. The predicted octanol–water partition coefficient (Wildman–Crippen LogP) is 2.22. The fourth-order valence-corrected chi connectivity index (χ4v) is 2.59. The van der Waals surface area contributed by atoms with Gasteiger partial charge in [0.2, 0.25) is 0 Å². The first-order valence-corrected chi connectivity index (χ1v) is 6.68. The Morgan fingerprint density at radius 3 is 3.06 bits per heavy atom. The van der Waals surface area contributed by atoms with Gasteiger partial charge in [-0.1, -0.05) is 13.0 Å². The molecular weight excluding hydrogens is 210 g/mol. The second-order valence-corrected chi connectivity index (χ2v) is 4.84. The minimum absolute atomic E-state index is 0.455. The van der Waals surface area contributed by atoms with Gasteiger partial charge in [-0.15, -0.1) is 0 Å². The summed E-state index contributed by atoms with van der Waals surface area (Å²) in [5.74, 6) is 0. The number of aromatic nitrogens is 1. The first kappa shape index (κ1) is 12.5. The average Bonchev–Trinajstić information content (AvgIpc) is 2.89. The molecule has 0 radical (unpaired) electrons. The van der Waals surface area contributed by atoms with Crippen LogP contribution in [-0.4, -0.2) is 35.6 Å². The van der Waals surface area contributed by atoms with Crippen LogP contribution in [0, 0.1) is 0 Å². The van der Waals surface area contributed by atoms with Crippen molar-refractivity contribution >= 4 is 0 Å². The Morgan fingerprint density at radius 1 is 1.59 bits per heavy atom. The van der Waals surface area contributed by atoms with E-state index in [1.165, 1.54) is 24.9 Å². The summed E-state index contributed by atoms with van der Waals surface area (Å²) in [5.41, 5.74) is 1.31. The second kappa shape index (κ2) is 6.12. The van der Waals surface area contributed by atoms with E-state index >= 15 is 0 Å². The summed E-state index contributed by atoms with van der Waals surface area (Å²) in [4.78, 5) is 6.74. The Balaban J connectivity index is 1.97. The smallest absolute Gasteiger partial charge is 0.0335 e. The molecule has 1 aliphatic heterocycles. The van der Waals surface area contributed by atoms with Gasteiger partial charge in [0.25, 0.3) is 0 Å². The third-order valence-corrected chi connectivity index (χ3v) is 3.74. The molecule has 3 nitrogen and oxygen atoms in total. The normalized spacial score (nSPS) is 21.9. The van der Waals surface area contributed by atoms with Crippen molar-refractivity contribution in [3.8, 4) is 0 Å². The van der Waals surface area contributed by atoms with Crippen molar-refractivity contribution in [1.29, 1.82) is 0 Å². The molecule has 1 aromatic heterocycles. The topological polar surface area (TPSA) is 28.2 Å². The van der Waals surface area contributed by atoms with Crippen molar-refractivity contribution < 1.29 is 0 Å². The van der Waals surface area contributed by atoms with Gasteiger partial charge < -0.3 is 5.32 Å². The number of hydrogen-bond donors (Lipinski definition) is 1. The van der Waals surface area contributed by atoms with Crippen molar-refractivity contribution in [2.45, 2.75) is 38.8 Å². The van der Waals surface area contributed by atoms with Gasteiger partial charge in [0.1, 0.15) is 0 Å². The average molecular weight is 233 g/mol. The number of nitrogens with zero attached hydrogens (tertiary/aromatic N) is 2. The van der Waals surface area contributed by atoms with E-state index in [0.717, 1.165) is 13.1 Å². The zero-order chi connectivity index (χ0) is 12.1. The molecule has 1 aliphatic rings. The first-order valence-electron chi connectivity index (χ1n) is 6.68.